The first-order chi connectivity index (χ1) is 8.91. The number of rotatable bonds is 2. The van der Waals surface area contributed by atoms with Gasteiger partial charge in [0.2, 0.25) is 5.95 Å². The van der Waals surface area contributed by atoms with Crippen molar-refractivity contribution in [3.63, 3.8) is 0 Å². The normalized spacial score (nSPS) is 22.3. The Bertz CT molecular complexity index is 479. The molecule has 1 atom stereocenters. The van der Waals surface area contributed by atoms with Gasteiger partial charge in [0.1, 0.15) is 5.69 Å². The molecular formula is C13H17FN2O3. The Hall–Kier alpha value is -1.53. The molecule has 1 unspecified atom stereocenters. The lowest BCUT2D eigenvalue weighted by Crippen LogP contribution is -2.55. The molecule has 1 aliphatic heterocycles. The average Bonchev–Trinajstić information content (AvgIpc) is 2.36. The van der Waals surface area contributed by atoms with Crippen molar-refractivity contribution in [3.8, 4) is 0 Å². The van der Waals surface area contributed by atoms with Crippen molar-refractivity contribution in [3.05, 3.63) is 29.8 Å². The van der Waals surface area contributed by atoms with Gasteiger partial charge in [-0.15, -0.1) is 0 Å². The molecule has 0 spiro atoms. The Labute approximate surface area is 111 Å². The molecule has 6 heteroatoms. The van der Waals surface area contributed by atoms with Crippen LogP contribution in [0.2, 0.25) is 0 Å². The van der Waals surface area contributed by atoms with Gasteiger partial charge in [0.25, 0.3) is 5.91 Å². The van der Waals surface area contributed by atoms with E-state index in [1.807, 2.05) is 13.8 Å². The first-order valence-electron chi connectivity index (χ1n) is 6.12. The van der Waals surface area contributed by atoms with E-state index in [0.717, 1.165) is 0 Å². The maximum atomic E-state index is 13.0. The summed E-state index contributed by atoms with van der Waals surface area (Å²) in [5, 5.41) is 9.20. The van der Waals surface area contributed by atoms with Gasteiger partial charge in [-0.2, -0.15) is 4.39 Å². The van der Waals surface area contributed by atoms with Crippen molar-refractivity contribution >= 4 is 5.91 Å². The molecule has 0 radical (unpaired) electrons. The highest BCUT2D eigenvalue weighted by Crippen LogP contribution is 2.22. The zero-order chi connectivity index (χ0) is 14.0. The number of carbonyl (C=O) groups is 1. The molecule has 1 aromatic rings. The highest BCUT2D eigenvalue weighted by molar-refractivity contribution is 5.92. The Balaban J connectivity index is 2.18. The minimum Gasteiger partial charge on any atom is -0.394 e. The van der Waals surface area contributed by atoms with Crippen molar-refractivity contribution in [1.82, 2.24) is 9.88 Å². The van der Waals surface area contributed by atoms with Crippen LogP contribution in [0.5, 0.6) is 0 Å². The molecule has 5 nitrogen and oxygen atoms in total. The minimum atomic E-state index is -0.683. The van der Waals surface area contributed by atoms with E-state index in [0.29, 0.717) is 6.54 Å². The number of aromatic nitrogens is 1. The zero-order valence-electron chi connectivity index (χ0n) is 11.0. The average molecular weight is 268 g/mol. The smallest absolute Gasteiger partial charge is 0.272 e. The van der Waals surface area contributed by atoms with Crippen molar-refractivity contribution in [2.45, 2.75) is 25.6 Å². The molecule has 0 bridgehead atoms. The van der Waals surface area contributed by atoms with Gasteiger partial charge in [-0.05, 0) is 26.0 Å². The highest BCUT2D eigenvalue weighted by Gasteiger charge is 2.35. The quantitative estimate of drug-likeness (QED) is 0.807. The van der Waals surface area contributed by atoms with Crippen LogP contribution in [-0.4, -0.2) is 52.3 Å². The lowest BCUT2D eigenvalue weighted by molar-refractivity contribution is -0.139. The Morgan fingerprint density at radius 1 is 1.63 bits per heavy atom. The van der Waals surface area contributed by atoms with Crippen LogP contribution in [0.25, 0.3) is 0 Å². The van der Waals surface area contributed by atoms with E-state index in [-0.39, 0.29) is 24.8 Å². The van der Waals surface area contributed by atoms with Gasteiger partial charge < -0.3 is 14.7 Å². The number of hydrogen-bond donors (Lipinski definition) is 1. The molecule has 2 rings (SSSR count). The third-order valence-corrected chi connectivity index (χ3v) is 2.91. The predicted octanol–water partition coefficient (Wildman–Crippen LogP) is 0.833. The molecular weight excluding hydrogens is 251 g/mol. The van der Waals surface area contributed by atoms with Crippen LogP contribution in [0.15, 0.2) is 18.2 Å². The fourth-order valence-corrected chi connectivity index (χ4v) is 2.23. The monoisotopic (exact) mass is 268 g/mol. The summed E-state index contributed by atoms with van der Waals surface area (Å²) in [5.74, 6) is -1.04. The van der Waals surface area contributed by atoms with Crippen LogP contribution in [0, 0.1) is 5.95 Å². The summed E-state index contributed by atoms with van der Waals surface area (Å²) < 4.78 is 18.7. The number of carbonyl (C=O) groups excluding carboxylic acids is 1. The summed E-state index contributed by atoms with van der Waals surface area (Å²) in [7, 11) is 0. The summed E-state index contributed by atoms with van der Waals surface area (Å²) in [4.78, 5) is 17.4. The summed E-state index contributed by atoms with van der Waals surface area (Å²) in [5.41, 5.74) is -0.483. The van der Waals surface area contributed by atoms with Crippen LogP contribution in [0.3, 0.4) is 0 Å². The van der Waals surface area contributed by atoms with Gasteiger partial charge in [0, 0.05) is 13.1 Å². The third kappa shape index (κ3) is 3.27. The number of hydrogen-bond acceptors (Lipinski definition) is 4. The second kappa shape index (κ2) is 5.22. The molecule has 104 valence electrons. The molecule has 19 heavy (non-hydrogen) atoms. The third-order valence-electron chi connectivity index (χ3n) is 2.91. The van der Waals surface area contributed by atoms with E-state index >= 15 is 0 Å². The Morgan fingerprint density at radius 3 is 3.00 bits per heavy atom. The summed E-state index contributed by atoms with van der Waals surface area (Å²) >= 11 is 0. The Kier molecular flexibility index (Phi) is 3.82. The molecule has 1 saturated heterocycles. The number of ether oxygens (including phenoxy) is 1. The summed E-state index contributed by atoms with van der Waals surface area (Å²) in [6, 6.07) is 4.11. The standard InChI is InChI=1S/C13H17FN2O3/c1-13(2)8-16(6-9(7-17)19-13)12(18)10-4-3-5-11(14)15-10/h3-5,9,17H,6-8H2,1-2H3. The Morgan fingerprint density at radius 2 is 2.37 bits per heavy atom. The van der Waals surface area contributed by atoms with Gasteiger partial charge in [-0.1, -0.05) is 6.07 Å². The van der Waals surface area contributed by atoms with E-state index < -0.39 is 17.7 Å². The van der Waals surface area contributed by atoms with Crippen molar-refractivity contribution in [2.75, 3.05) is 19.7 Å². The number of aliphatic hydroxyl groups is 1. The van der Waals surface area contributed by atoms with E-state index in [1.165, 1.54) is 23.1 Å². The van der Waals surface area contributed by atoms with Crippen LogP contribution < -0.4 is 0 Å². The van der Waals surface area contributed by atoms with E-state index in [1.54, 1.807) is 0 Å². The maximum Gasteiger partial charge on any atom is 0.272 e. The van der Waals surface area contributed by atoms with Gasteiger partial charge in [-0.25, -0.2) is 4.98 Å². The van der Waals surface area contributed by atoms with Gasteiger partial charge in [-0.3, -0.25) is 4.79 Å². The topological polar surface area (TPSA) is 62.7 Å². The molecule has 2 heterocycles. The first-order valence-corrected chi connectivity index (χ1v) is 6.12. The molecule has 0 saturated carbocycles. The van der Waals surface area contributed by atoms with Crippen molar-refractivity contribution in [1.29, 1.82) is 0 Å². The predicted molar refractivity (Wildman–Crippen MR) is 66.1 cm³/mol. The van der Waals surface area contributed by atoms with Crippen LogP contribution >= 0.6 is 0 Å². The van der Waals surface area contributed by atoms with E-state index in [9.17, 15) is 14.3 Å². The number of morpholine rings is 1. The van der Waals surface area contributed by atoms with Crippen LogP contribution in [0.4, 0.5) is 4.39 Å². The van der Waals surface area contributed by atoms with Gasteiger partial charge in [0.15, 0.2) is 0 Å². The van der Waals surface area contributed by atoms with E-state index in [2.05, 4.69) is 4.98 Å². The maximum absolute atomic E-state index is 13.0. The second-order valence-electron chi connectivity index (χ2n) is 5.21. The molecule has 1 aromatic heterocycles. The fourth-order valence-electron chi connectivity index (χ4n) is 2.23. The molecule has 1 N–H and O–H groups in total. The number of pyridine rings is 1. The first kappa shape index (κ1) is 13.9. The van der Waals surface area contributed by atoms with Crippen molar-refractivity contribution < 1.29 is 19.0 Å². The fraction of sp³-hybridized carbons (Fsp3) is 0.538. The summed E-state index contributed by atoms with van der Waals surface area (Å²) in [6.45, 7) is 4.17. The van der Waals surface area contributed by atoms with Gasteiger partial charge in [0.05, 0.1) is 18.3 Å². The van der Waals surface area contributed by atoms with Crippen LogP contribution in [0.1, 0.15) is 24.3 Å². The number of aliphatic hydroxyl groups excluding tert-OH is 1. The number of halogens is 1. The SMILES string of the molecule is CC1(C)CN(C(=O)c2cccc(F)n2)CC(CO)O1. The number of nitrogens with zero attached hydrogens (tertiary/aromatic N) is 2. The zero-order valence-corrected chi connectivity index (χ0v) is 11.0. The van der Waals surface area contributed by atoms with E-state index in [4.69, 9.17) is 4.74 Å². The second-order valence-corrected chi connectivity index (χ2v) is 5.21. The number of amides is 1. The van der Waals surface area contributed by atoms with Crippen molar-refractivity contribution in [2.24, 2.45) is 0 Å². The van der Waals surface area contributed by atoms with Crippen LogP contribution in [-0.2, 0) is 4.74 Å². The molecule has 1 aliphatic rings. The lowest BCUT2D eigenvalue weighted by Gasteiger charge is -2.42. The molecule has 1 amide bonds. The highest BCUT2D eigenvalue weighted by atomic mass is 19.1. The molecule has 1 fully saturated rings. The molecule has 0 aromatic carbocycles. The minimum absolute atomic E-state index is 0.0642. The van der Waals surface area contributed by atoms with Gasteiger partial charge >= 0.3 is 0 Å². The summed E-state index contributed by atoms with van der Waals surface area (Å²) in [6.07, 6.45) is -0.429. The lowest BCUT2D eigenvalue weighted by atomic mass is 10.0. The molecule has 0 aliphatic carbocycles. The largest absolute Gasteiger partial charge is 0.394 e.